The van der Waals surface area contributed by atoms with Crippen LogP contribution in [0, 0.1) is 70.0 Å². The number of carboxylic acid groups (broad SMARTS) is 2. The molecule has 0 saturated heterocycles. The Balaban J connectivity index is 1.56. The van der Waals surface area contributed by atoms with Gasteiger partial charge in [0, 0.05) is 0 Å². The molecule has 12 atom stereocenters. The maximum Gasteiger partial charge on any atom is 0.311 e. The molecule has 0 aromatic rings. The third-order valence-electron chi connectivity index (χ3n) is 10.7. The van der Waals surface area contributed by atoms with Crippen LogP contribution in [0.25, 0.3) is 0 Å². The van der Waals surface area contributed by atoms with E-state index in [1.165, 1.54) is 12.8 Å². The van der Waals surface area contributed by atoms with Crippen LogP contribution < -0.4 is 0 Å². The van der Waals surface area contributed by atoms with E-state index in [0.29, 0.717) is 35.5 Å². The van der Waals surface area contributed by atoms with E-state index in [-0.39, 0.29) is 23.7 Å². The lowest BCUT2D eigenvalue weighted by Gasteiger charge is -2.56. The Kier molecular flexibility index (Phi) is 1.89. The molecule has 8 saturated carbocycles. The molecule has 128 valence electrons. The van der Waals surface area contributed by atoms with Gasteiger partial charge in [0.2, 0.25) is 0 Å². The van der Waals surface area contributed by atoms with Crippen molar-refractivity contribution in [3.05, 3.63) is 0 Å². The van der Waals surface area contributed by atoms with Gasteiger partial charge in [0.05, 0.1) is 10.8 Å². The molecule has 0 radical (unpaired) electrons. The lowest BCUT2D eigenvalue weighted by Crippen LogP contribution is -2.64. The largest absolute Gasteiger partial charge is 0.481 e. The van der Waals surface area contributed by atoms with E-state index in [4.69, 9.17) is 0 Å². The predicted octanol–water partition coefficient (Wildman–Crippen LogP) is 2.73. The van der Waals surface area contributed by atoms with Gasteiger partial charge in [-0.2, -0.15) is 0 Å². The molecule has 8 aliphatic carbocycles. The number of hydrogen-bond acceptors (Lipinski definition) is 2. The van der Waals surface area contributed by atoms with Crippen molar-refractivity contribution >= 4 is 11.9 Å². The second-order valence-electron chi connectivity index (χ2n) is 10.1. The Labute approximate surface area is 141 Å². The van der Waals surface area contributed by atoms with Crippen LogP contribution in [0.2, 0.25) is 0 Å². The summed E-state index contributed by atoms with van der Waals surface area (Å²) in [5.74, 6) is 2.28. The molecule has 0 amide bonds. The maximum atomic E-state index is 12.8. The first-order valence-corrected chi connectivity index (χ1v) is 10.1. The molecule has 0 aromatic carbocycles. The minimum atomic E-state index is -0.902. The Morgan fingerprint density at radius 1 is 0.625 bits per heavy atom. The summed E-state index contributed by atoms with van der Waals surface area (Å²) < 4.78 is 0. The SMILES string of the molecule is O=C(O)C12[C@@H]3C4C5[C@H]1[C@H]1CCC[C@@H]1[C@H]5C2(C(=O)O)[C@H]4[C@H]1CCC[C@H]13. The summed E-state index contributed by atoms with van der Waals surface area (Å²) in [7, 11) is 0. The number of aliphatic carboxylic acids is 2. The van der Waals surface area contributed by atoms with Gasteiger partial charge >= 0.3 is 11.9 Å². The van der Waals surface area contributed by atoms with Crippen molar-refractivity contribution in [2.45, 2.75) is 38.5 Å². The zero-order chi connectivity index (χ0) is 16.2. The van der Waals surface area contributed by atoms with E-state index in [1.54, 1.807) is 0 Å². The molecule has 0 aliphatic heterocycles. The minimum absolute atomic E-state index is 0.191. The number of fused-ring (bicyclic) bond motifs is 2. The topological polar surface area (TPSA) is 74.6 Å². The lowest BCUT2D eigenvalue weighted by atomic mass is 9.44. The van der Waals surface area contributed by atoms with Crippen molar-refractivity contribution < 1.29 is 19.8 Å². The molecular weight excluding hydrogens is 304 g/mol. The first-order valence-electron chi connectivity index (χ1n) is 10.1. The average molecular weight is 328 g/mol. The van der Waals surface area contributed by atoms with Gasteiger partial charge < -0.3 is 10.2 Å². The molecular formula is C20H24O4. The normalized spacial score (nSPS) is 68.8. The molecule has 8 bridgehead atoms. The zero-order valence-corrected chi connectivity index (χ0v) is 13.7. The van der Waals surface area contributed by atoms with E-state index in [1.807, 2.05) is 0 Å². The summed E-state index contributed by atoms with van der Waals surface area (Å²) in [6, 6.07) is 0. The Morgan fingerprint density at radius 3 is 1.17 bits per heavy atom. The van der Waals surface area contributed by atoms with Gasteiger partial charge in [0.25, 0.3) is 0 Å². The fraction of sp³-hybridized carbons (Fsp3) is 0.900. The van der Waals surface area contributed by atoms with Gasteiger partial charge in [-0.15, -0.1) is 0 Å². The second-order valence-corrected chi connectivity index (χ2v) is 10.1. The summed E-state index contributed by atoms with van der Waals surface area (Å²) in [5.41, 5.74) is -1.80. The molecule has 24 heavy (non-hydrogen) atoms. The van der Waals surface area contributed by atoms with Crippen molar-refractivity contribution in [3.8, 4) is 0 Å². The highest BCUT2D eigenvalue weighted by Crippen LogP contribution is 2.97. The van der Waals surface area contributed by atoms with Crippen LogP contribution in [0.3, 0.4) is 0 Å². The van der Waals surface area contributed by atoms with Gasteiger partial charge in [0.1, 0.15) is 0 Å². The number of hydrogen-bond donors (Lipinski definition) is 2. The van der Waals surface area contributed by atoms with Crippen LogP contribution in [0.4, 0.5) is 0 Å². The second kappa shape index (κ2) is 3.43. The number of carbonyl (C=O) groups is 2. The minimum Gasteiger partial charge on any atom is -0.481 e. The third-order valence-corrected chi connectivity index (χ3v) is 10.7. The van der Waals surface area contributed by atoms with Crippen LogP contribution in [0.5, 0.6) is 0 Å². The first kappa shape index (κ1) is 13.2. The van der Waals surface area contributed by atoms with Gasteiger partial charge in [0.15, 0.2) is 0 Å². The Hall–Kier alpha value is -1.06. The van der Waals surface area contributed by atoms with Crippen molar-refractivity contribution in [3.63, 3.8) is 0 Å². The van der Waals surface area contributed by atoms with Crippen LogP contribution in [-0.4, -0.2) is 22.2 Å². The van der Waals surface area contributed by atoms with Gasteiger partial charge in [-0.3, -0.25) is 9.59 Å². The lowest BCUT2D eigenvalue weighted by molar-refractivity contribution is -0.204. The van der Waals surface area contributed by atoms with E-state index in [9.17, 15) is 19.8 Å². The third kappa shape index (κ3) is 0.834. The molecule has 4 heteroatoms. The predicted molar refractivity (Wildman–Crippen MR) is 82.7 cm³/mol. The molecule has 4 nitrogen and oxygen atoms in total. The standard InChI is InChI=1S/C20H24O4/c21-17(22)19-13-7-3-1-4-8(7)14-11(13)12-15(19)9-5-2-6-10(9)16(12)20(14,19)18(23)24/h7-16H,1-6H2,(H,21,22)(H,23,24)/t7-,8-,9-,10+,11?,12?,13+,14+,15-,16-,19?,20?/m0/s1. The highest BCUT2D eigenvalue weighted by Gasteiger charge is 3.00. The maximum absolute atomic E-state index is 12.8. The first-order chi connectivity index (χ1) is 11.6. The Bertz CT molecular complexity index is 616. The summed E-state index contributed by atoms with van der Waals surface area (Å²) in [6.45, 7) is 0. The summed E-state index contributed by atoms with van der Waals surface area (Å²) in [6.07, 6.45) is 7.01. The highest BCUT2D eigenvalue weighted by molar-refractivity contribution is 5.93. The quantitative estimate of drug-likeness (QED) is 0.817. The fourth-order valence-corrected chi connectivity index (χ4v) is 11.4. The van der Waals surface area contributed by atoms with Crippen LogP contribution >= 0.6 is 0 Å². The number of rotatable bonds is 2. The highest BCUT2D eigenvalue weighted by atomic mass is 16.4. The number of carboxylic acids is 2. The van der Waals surface area contributed by atoms with E-state index in [2.05, 4.69) is 0 Å². The Morgan fingerprint density at radius 2 is 0.917 bits per heavy atom. The van der Waals surface area contributed by atoms with Gasteiger partial charge in [-0.1, -0.05) is 12.8 Å². The summed E-state index contributed by atoms with van der Waals surface area (Å²) >= 11 is 0. The molecule has 0 aromatic heterocycles. The van der Waals surface area contributed by atoms with Gasteiger partial charge in [-0.25, -0.2) is 0 Å². The molecule has 2 N–H and O–H groups in total. The van der Waals surface area contributed by atoms with Crippen molar-refractivity contribution in [1.29, 1.82) is 0 Å². The van der Waals surface area contributed by atoms with Gasteiger partial charge in [-0.05, 0) is 84.9 Å². The van der Waals surface area contributed by atoms with Crippen molar-refractivity contribution in [1.82, 2.24) is 0 Å². The van der Waals surface area contributed by atoms with Crippen LogP contribution in [0.15, 0.2) is 0 Å². The molecule has 8 rings (SSSR count). The van der Waals surface area contributed by atoms with Crippen LogP contribution in [0.1, 0.15) is 38.5 Å². The van der Waals surface area contributed by atoms with E-state index >= 15 is 0 Å². The molecule has 4 unspecified atom stereocenters. The molecule has 0 spiro atoms. The van der Waals surface area contributed by atoms with Crippen LogP contribution in [-0.2, 0) is 9.59 Å². The molecule has 8 fully saturated rings. The smallest absolute Gasteiger partial charge is 0.311 e. The monoisotopic (exact) mass is 328 g/mol. The molecule has 8 aliphatic rings. The summed E-state index contributed by atoms with van der Waals surface area (Å²) in [4.78, 5) is 25.6. The van der Waals surface area contributed by atoms with Crippen molar-refractivity contribution in [2.75, 3.05) is 0 Å². The zero-order valence-electron chi connectivity index (χ0n) is 13.7. The average Bonchev–Trinajstić information content (AvgIpc) is 3.30. The van der Waals surface area contributed by atoms with E-state index in [0.717, 1.165) is 25.7 Å². The van der Waals surface area contributed by atoms with E-state index < -0.39 is 22.8 Å². The summed E-state index contributed by atoms with van der Waals surface area (Å²) in [5, 5.41) is 21.0. The fourth-order valence-electron chi connectivity index (χ4n) is 11.4. The molecule has 0 heterocycles. The van der Waals surface area contributed by atoms with Crippen molar-refractivity contribution in [2.24, 2.45) is 70.0 Å².